The van der Waals surface area contributed by atoms with Crippen LogP contribution in [0.2, 0.25) is 0 Å². The molecule has 4 aromatic rings. The predicted molar refractivity (Wildman–Crippen MR) is 103 cm³/mol. The van der Waals surface area contributed by atoms with Crippen LogP contribution in [0.4, 0.5) is 4.39 Å². The highest BCUT2D eigenvalue weighted by molar-refractivity contribution is 5.81. The van der Waals surface area contributed by atoms with E-state index in [1.807, 2.05) is 13.1 Å². The van der Waals surface area contributed by atoms with E-state index in [1.165, 1.54) is 12.1 Å². The van der Waals surface area contributed by atoms with Crippen molar-refractivity contribution in [1.29, 1.82) is 0 Å². The van der Waals surface area contributed by atoms with Gasteiger partial charge in [0.05, 0.1) is 35.1 Å². The van der Waals surface area contributed by atoms with Crippen molar-refractivity contribution in [3.05, 3.63) is 52.6 Å². The van der Waals surface area contributed by atoms with Crippen molar-refractivity contribution in [3.63, 3.8) is 0 Å². The number of aromatic nitrogens is 6. The minimum atomic E-state index is -0.387. The summed E-state index contributed by atoms with van der Waals surface area (Å²) in [6.45, 7) is 2.51. The Bertz CT molecular complexity index is 1320. The van der Waals surface area contributed by atoms with Gasteiger partial charge in [-0.3, -0.25) is 13.8 Å². The first-order valence-corrected chi connectivity index (χ1v) is 9.87. The molecule has 1 aliphatic carbocycles. The highest BCUT2D eigenvalue weighted by atomic mass is 19.1. The van der Waals surface area contributed by atoms with Crippen LogP contribution in [-0.2, 0) is 4.74 Å². The first-order valence-electron chi connectivity index (χ1n) is 9.87. The van der Waals surface area contributed by atoms with E-state index < -0.39 is 0 Å². The molecule has 0 radical (unpaired) electrons. The number of fused-ring (bicyclic) bond motifs is 3. The summed E-state index contributed by atoms with van der Waals surface area (Å²) in [7, 11) is 0. The molecule has 9 heteroatoms. The maximum absolute atomic E-state index is 14.1. The van der Waals surface area contributed by atoms with Crippen LogP contribution < -0.4 is 5.56 Å². The van der Waals surface area contributed by atoms with E-state index in [0.717, 1.165) is 18.5 Å². The predicted octanol–water partition coefficient (Wildman–Crippen LogP) is 2.60. The Morgan fingerprint density at radius 3 is 2.83 bits per heavy atom. The van der Waals surface area contributed by atoms with Crippen molar-refractivity contribution in [2.45, 2.75) is 44.2 Å². The van der Waals surface area contributed by atoms with Gasteiger partial charge in [-0.1, -0.05) is 5.21 Å². The second-order valence-electron chi connectivity index (χ2n) is 7.89. The fraction of sp³-hybridized carbons (Fsp3) is 0.400. The van der Waals surface area contributed by atoms with Crippen molar-refractivity contribution >= 4 is 16.6 Å². The van der Waals surface area contributed by atoms with Crippen molar-refractivity contribution in [2.24, 2.45) is 0 Å². The van der Waals surface area contributed by atoms with E-state index in [-0.39, 0.29) is 23.5 Å². The lowest BCUT2D eigenvalue weighted by atomic mass is 10.1. The van der Waals surface area contributed by atoms with Crippen LogP contribution in [0.1, 0.15) is 43.8 Å². The smallest absolute Gasteiger partial charge is 0.279 e. The summed E-state index contributed by atoms with van der Waals surface area (Å²) in [6, 6.07) is 4.31. The Hall–Kier alpha value is -3.07. The van der Waals surface area contributed by atoms with Gasteiger partial charge in [-0.05, 0) is 44.4 Å². The lowest BCUT2D eigenvalue weighted by Crippen LogP contribution is -2.30. The molecular formula is C20H19FN6O2. The molecule has 6 rings (SSSR count). The van der Waals surface area contributed by atoms with E-state index >= 15 is 0 Å². The normalized spacial score (nSPS) is 22.1. The molecule has 29 heavy (non-hydrogen) atoms. The standard InChI is InChI=1S/C20H19FN6O2/c1-11-15(6-7-29-11)27-17-8-13(21)4-5-16(17)25-10-22-19(18(25)20(27)28)26-9-14(23-24-26)12-2-3-12/h4-5,8-12,15H,2-3,6-7H2,1H3. The molecule has 1 aliphatic heterocycles. The molecule has 2 aliphatic rings. The Labute approximate surface area is 164 Å². The number of nitrogens with zero attached hydrogens (tertiary/aromatic N) is 6. The third-order valence-electron chi connectivity index (χ3n) is 6.02. The Balaban J connectivity index is 1.66. The van der Waals surface area contributed by atoms with Crippen LogP contribution >= 0.6 is 0 Å². The number of ether oxygens (including phenoxy) is 1. The zero-order valence-electron chi connectivity index (χ0n) is 15.8. The maximum atomic E-state index is 14.1. The molecule has 4 heterocycles. The van der Waals surface area contributed by atoms with Crippen LogP contribution in [-0.4, -0.2) is 41.7 Å². The molecule has 1 saturated heterocycles. The average molecular weight is 394 g/mol. The lowest BCUT2D eigenvalue weighted by Gasteiger charge is -2.21. The number of hydrogen-bond donors (Lipinski definition) is 0. The third-order valence-corrected chi connectivity index (χ3v) is 6.02. The number of halogens is 1. The summed E-state index contributed by atoms with van der Waals surface area (Å²) in [5.41, 5.74) is 2.33. The van der Waals surface area contributed by atoms with Crippen LogP contribution in [0, 0.1) is 5.82 Å². The highest BCUT2D eigenvalue weighted by Gasteiger charge is 2.31. The molecule has 2 unspecified atom stereocenters. The number of hydrogen-bond acceptors (Lipinski definition) is 5. The van der Waals surface area contributed by atoms with Crippen LogP contribution in [0.15, 0.2) is 35.5 Å². The van der Waals surface area contributed by atoms with Crippen LogP contribution in [0.3, 0.4) is 0 Å². The van der Waals surface area contributed by atoms with Gasteiger partial charge < -0.3 is 4.74 Å². The van der Waals surface area contributed by atoms with Gasteiger partial charge in [0.1, 0.15) is 12.1 Å². The quantitative estimate of drug-likeness (QED) is 0.534. The van der Waals surface area contributed by atoms with Crippen molar-refractivity contribution in [3.8, 4) is 5.82 Å². The third kappa shape index (κ3) is 2.46. The fourth-order valence-corrected chi connectivity index (χ4v) is 4.34. The summed E-state index contributed by atoms with van der Waals surface area (Å²) in [5.74, 6) is 0.498. The van der Waals surface area contributed by atoms with E-state index in [2.05, 4.69) is 15.3 Å². The molecule has 3 aromatic heterocycles. The van der Waals surface area contributed by atoms with Gasteiger partial charge in [0, 0.05) is 12.5 Å². The topological polar surface area (TPSA) is 79.2 Å². The van der Waals surface area contributed by atoms with Gasteiger partial charge in [0.15, 0.2) is 11.3 Å². The summed E-state index contributed by atoms with van der Waals surface area (Å²) >= 11 is 0. The molecule has 0 N–H and O–H groups in total. The Morgan fingerprint density at radius 2 is 2.07 bits per heavy atom. The van der Waals surface area contributed by atoms with Gasteiger partial charge in [0.25, 0.3) is 5.56 Å². The average Bonchev–Trinajstić information content (AvgIpc) is 3.10. The zero-order chi connectivity index (χ0) is 19.7. The van der Waals surface area contributed by atoms with Crippen LogP contribution in [0.25, 0.3) is 22.4 Å². The minimum absolute atomic E-state index is 0.138. The molecule has 1 aromatic carbocycles. The summed E-state index contributed by atoms with van der Waals surface area (Å²) in [6.07, 6.45) is 6.22. The first kappa shape index (κ1) is 16.8. The molecule has 0 spiro atoms. The summed E-state index contributed by atoms with van der Waals surface area (Å²) in [5, 5.41) is 8.45. The monoisotopic (exact) mass is 394 g/mol. The Kier molecular flexibility index (Phi) is 3.46. The molecule has 0 bridgehead atoms. The van der Waals surface area contributed by atoms with Gasteiger partial charge >= 0.3 is 0 Å². The van der Waals surface area contributed by atoms with Gasteiger partial charge in [-0.25, -0.2) is 9.37 Å². The Morgan fingerprint density at radius 1 is 1.21 bits per heavy atom. The fourth-order valence-electron chi connectivity index (χ4n) is 4.34. The first-order chi connectivity index (χ1) is 14.1. The maximum Gasteiger partial charge on any atom is 0.279 e. The van der Waals surface area contributed by atoms with E-state index in [1.54, 1.807) is 26.0 Å². The van der Waals surface area contributed by atoms with Crippen molar-refractivity contribution < 1.29 is 9.13 Å². The van der Waals surface area contributed by atoms with Gasteiger partial charge in [0.2, 0.25) is 0 Å². The van der Waals surface area contributed by atoms with Crippen LogP contribution in [0.5, 0.6) is 0 Å². The molecule has 148 valence electrons. The molecule has 2 atom stereocenters. The lowest BCUT2D eigenvalue weighted by molar-refractivity contribution is 0.108. The summed E-state index contributed by atoms with van der Waals surface area (Å²) in [4.78, 5) is 18.1. The number of rotatable bonds is 3. The molecule has 1 saturated carbocycles. The molecular weight excluding hydrogens is 375 g/mol. The van der Waals surface area contributed by atoms with Crippen molar-refractivity contribution in [2.75, 3.05) is 6.61 Å². The second kappa shape index (κ2) is 5.96. The van der Waals surface area contributed by atoms with Crippen molar-refractivity contribution in [1.82, 2.24) is 28.9 Å². The van der Waals surface area contributed by atoms with Gasteiger partial charge in [-0.15, -0.1) is 5.10 Å². The number of imidazole rings is 1. The molecule has 2 fully saturated rings. The zero-order valence-corrected chi connectivity index (χ0v) is 15.8. The molecule has 0 amide bonds. The van der Waals surface area contributed by atoms with E-state index in [9.17, 15) is 9.18 Å². The molecule has 8 nitrogen and oxygen atoms in total. The van der Waals surface area contributed by atoms with E-state index in [4.69, 9.17) is 4.74 Å². The largest absolute Gasteiger partial charge is 0.376 e. The SMILES string of the molecule is CC1OCCC1n1c(=O)c2c(-n3cc(C4CC4)nn3)ncn2c2ccc(F)cc21. The summed E-state index contributed by atoms with van der Waals surface area (Å²) < 4.78 is 24.7. The number of benzene rings is 1. The van der Waals surface area contributed by atoms with E-state index in [0.29, 0.717) is 41.3 Å². The highest BCUT2D eigenvalue weighted by Crippen LogP contribution is 2.38. The van der Waals surface area contributed by atoms with Gasteiger partial charge in [-0.2, -0.15) is 4.68 Å². The minimum Gasteiger partial charge on any atom is -0.376 e. The second-order valence-corrected chi connectivity index (χ2v) is 7.89.